The molecule has 10 nitrogen and oxygen atoms in total. The van der Waals surface area contributed by atoms with E-state index < -0.39 is 11.2 Å². The average Bonchev–Trinajstić information content (AvgIpc) is 2.81. The monoisotopic (exact) mass is 422 g/mol. The molecule has 31 heavy (non-hydrogen) atoms. The second kappa shape index (κ2) is 8.13. The number of hydrogen-bond donors (Lipinski definition) is 0. The third-order valence-electron chi connectivity index (χ3n) is 5.50. The van der Waals surface area contributed by atoms with Crippen LogP contribution in [0.2, 0.25) is 0 Å². The SMILES string of the molecule is Cn1c(=O)c2ccc(C(=O)N3CCN(C(=O)Cc4ccccn4)CC3)nc2n(C)c1=O. The summed E-state index contributed by atoms with van der Waals surface area (Å²) in [5.74, 6) is -0.327. The van der Waals surface area contributed by atoms with Gasteiger partial charge >= 0.3 is 5.69 Å². The Labute approximate surface area is 177 Å². The first-order valence-corrected chi connectivity index (χ1v) is 9.90. The van der Waals surface area contributed by atoms with Crippen molar-refractivity contribution >= 4 is 22.8 Å². The molecule has 10 heteroatoms. The average molecular weight is 422 g/mol. The van der Waals surface area contributed by atoms with Gasteiger partial charge in [-0.05, 0) is 24.3 Å². The van der Waals surface area contributed by atoms with Crippen molar-refractivity contribution < 1.29 is 9.59 Å². The molecule has 1 saturated heterocycles. The van der Waals surface area contributed by atoms with Gasteiger partial charge in [-0.15, -0.1) is 0 Å². The van der Waals surface area contributed by atoms with Crippen LogP contribution in [0.1, 0.15) is 16.2 Å². The second-order valence-electron chi connectivity index (χ2n) is 7.44. The first kappa shape index (κ1) is 20.5. The number of amides is 2. The van der Waals surface area contributed by atoms with Crippen LogP contribution in [0.5, 0.6) is 0 Å². The Balaban J connectivity index is 1.47. The highest BCUT2D eigenvalue weighted by Crippen LogP contribution is 2.12. The van der Waals surface area contributed by atoms with Crippen LogP contribution in [0.3, 0.4) is 0 Å². The maximum atomic E-state index is 12.9. The van der Waals surface area contributed by atoms with Gasteiger partial charge in [-0.1, -0.05) is 6.07 Å². The molecule has 160 valence electrons. The van der Waals surface area contributed by atoms with E-state index in [-0.39, 0.29) is 35.0 Å². The molecular formula is C21H22N6O4. The summed E-state index contributed by atoms with van der Waals surface area (Å²) in [7, 11) is 2.91. The number of aryl methyl sites for hydroxylation is 1. The summed E-state index contributed by atoms with van der Waals surface area (Å²) in [6.45, 7) is 1.60. The molecule has 0 atom stereocenters. The summed E-state index contributed by atoms with van der Waals surface area (Å²) in [5.41, 5.74) is 0.0783. The lowest BCUT2D eigenvalue weighted by Crippen LogP contribution is -2.51. The fourth-order valence-corrected chi connectivity index (χ4v) is 3.66. The molecule has 0 radical (unpaired) electrons. The second-order valence-corrected chi connectivity index (χ2v) is 7.44. The van der Waals surface area contributed by atoms with Crippen molar-refractivity contribution in [1.29, 1.82) is 0 Å². The lowest BCUT2D eigenvalue weighted by Gasteiger charge is -2.34. The van der Waals surface area contributed by atoms with Crippen molar-refractivity contribution in [2.24, 2.45) is 14.1 Å². The zero-order chi connectivity index (χ0) is 22.1. The number of fused-ring (bicyclic) bond motifs is 1. The minimum absolute atomic E-state index is 0.0273. The topological polar surface area (TPSA) is 110 Å². The Kier molecular flexibility index (Phi) is 5.37. The van der Waals surface area contributed by atoms with Gasteiger partial charge in [-0.25, -0.2) is 9.78 Å². The number of carbonyl (C=O) groups excluding carboxylic acids is 2. The highest BCUT2D eigenvalue weighted by Gasteiger charge is 2.26. The molecular weight excluding hydrogens is 400 g/mol. The van der Waals surface area contributed by atoms with Crippen LogP contribution in [0.25, 0.3) is 11.0 Å². The largest absolute Gasteiger partial charge is 0.339 e. The fourth-order valence-electron chi connectivity index (χ4n) is 3.66. The minimum atomic E-state index is -0.505. The van der Waals surface area contributed by atoms with Crippen LogP contribution in [0.15, 0.2) is 46.1 Å². The minimum Gasteiger partial charge on any atom is -0.339 e. The Morgan fingerprint density at radius 2 is 1.65 bits per heavy atom. The lowest BCUT2D eigenvalue weighted by atomic mass is 10.2. The summed E-state index contributed by atoms with van der Waals surface area (Å²) in [4.78, 5) is 61.7. The van der Waals surface area contributed by atoms with Crippen LogP contribution < -0.4 is 11.2 Å². The highest BCUT2D eigenvalue weighted by atomic mass is 16.2. The van der Waals surface area contributed by atoms with Crippen molar-refractivity contribution in [3.05, 3.63) is 68.8 Å². The van der Waals surface area contributed by atoms with Crippen LogP contribution in [-0.4, -0.2) is 66.9 Å². The number of nitrogens with zero attached hydrogens (tertiary/aromatic N) is 6. The molecule has 0 spiro atoms. The molecule has 2 amide bonds. The molecule has 0 N–H and O–H groups in total. The van der Waals surface area contributed by atoms with Gasteiger partial charge in [-0.2, -0.15) is 0 Å². The molecule has 4 rings (SSSR count). The van der Waals surface area contributed by atoms with E-state index in [1.807, 2.05) is 12.1 Å². The van der Waals surface area contributed by atoms with Gasteiger partial charge in [0.2, 0.25) is 5.91 Å². The van der Waals surface area contributed by atoms with Crippen molar-refractivity contribution in [1.82, 2.24) is 28.9 Å². The summed E-state index contributed by atoms with van der Waals surface area (Å²) in [5, 5.41) is 0.270. The Morgan fingerprint density at radius 3 is 2.32 bits per heavy atom. The van der Waals surface area contributed by atoms with Crippen molar-refractivity contribution in [3.63, 3.8) is 0 Å². The third-order valence-corrected chi connectivity index (χ3v) is 5.50. The van der Waals surface area contributed by atoms with Crippen LogP contribution >= 0.6 is 0 Å². The van der Waals surface area contributed by atoms with E-state index >= 15 is 0 Å². The van der Waals surface area contributed by atoms with Crippen molar-refractivity contribution in [2.75, 3.05) is 26.2 Å². The maximum absolute atomic E-state index is 12.9. The van der Waals surface area contributed by atoms with Crippen molar-refractivity contribution in [2.45, 2.75) is 6.42 Å². The van der Waals surface area contributed by atoms with Crippen LogP contribution in [0, 0.1) is 0 Å². The van der Waals surface area contributed by atoms with Crippen molar-refractivity contribution in [3.8, 4) is 0 Å². The summed E-state index contributed by atoms with van der Waals surface area (Å²) < 4.78 is 2.26. The van der Waals surface area contributed by atoms with E-state index in [0.717, 1.165) is 4.57 Å². The van der Waals surface area contributed by atoms with Gasteiger partial charge in [0, 0.05) is 52.2 Å². The number of aromatic nitrogens is 4. The van der Waals surface area contributed by atoms with Crippen LogP contribution in [0.4, 0.5) is 0 Å². The highest BCUT2D eigenvalue weighted by molar-refractivity contribution is 5.94. The van der Waals surface area contributed by atoms with E-state index in [2.05, 4.69) is 9.97 Å². The fraction of sp³-hybridized carbons (Fsp3) is 0.333. The first-order valence-electron chi connectivity index (χ1n) is 9.90. The number of carbonyl (C=O) groups is 2. The predicted octanol–water partition coefficient (Wildman–Crippen LogP) is -0.446. The quantitative estimate of drug-likeness (QED) is 0.566. The Hall–Kier alpha value is -3.82. The zero-order valence-corrected chi connectivity index (χ0v) is 17.3. The molecule has 1 aliphatic rings. The molecule has 1 aliphatic heterocycles. The lowest BCUT2D eigenvalue weighted by molar-refractivity contribution is -0.132. The zero-order valence-electron chi connectivity index (χ0n) is 17.3. The Bertz CT molecular complexity index is 1270. The number of piperazine rings is 1. The molecule has 3 aromatic heterocycles. The van der Waals surface area contributed by atoms with E-state index in [0.29, 0.717) is 31.9 Å². The molecule has 3 aromatic rings. The van der Waals surface area contributed by atoms with E-state index in [9.17, 15) is 19.2 Å². The van der Waals surface area contributed by atoms with Gasteiger partial charge in [0.15, 0.2) is 0 Å². The summed E-state index contributed by atoms with van der Waals surface area (Å²) in [6, 6.07) is 8.46. The first-order chi connectivity index (χ1) is 14.9. The number of pyridine rings is 2. The van der Waals surface area contributed by atoms with E-state index in [4.69, 9.17) is 0 Å². The molecule has 0 unspecified atom stereocenters. The van der Waals surface area contributed by atoms with E-state index in [1.165, 1.54) is 30.8 Å². The van der Waals surface area contributed by atoms with Gasteiger partial charge < -0.3 is 9.80 Å². The summed E-state index contributed by atoms with van der Waals surface area (Å²) >= 11 is 0. The van der Waals surface area contributed by atoms with Crippen LogP contribution in [-0.2, 0) is 25.3 Å². The molecule has 4 heterocycles. The molecule has 0 aliphatic carbocycles. The predicted molar refractivity (Wildman–Crippen MR) is 113 cm³/mol. The van der Waals surface area contributed by atoms with E-state index in [1.54, 1.807) is 22.1 Å². The smallest absolute Gasteiger partial charge is 0.332 e. The molecule has 1 fully saturated rings. The number of rotatable bonds is 3. The molecule has 0 aromatic carbocycles. The van der Waals surface area contributed by atoms with Gasteiger partial charge in [-0.3, -0.25) is 28.5 Å². The normalized spacial score (nSPS) is 14.1. The standard InChI is InChI=1S/C21H22N6O4/c1-24-18-15(19(29)25(2)21(24)31)6-7-16(23-18)20(30)27-11-9-26(10-12-27)17(28)13-14-5-3-4-8-22-14/h3-8H,9-13H2,1-2H3. The summed E-state index contributed by atoms with van der Waals surface area (Å²) in [6.07, 6.45) is 1.88. The van der Waals surface area contributed by atoms with Gasteiger partial charge in [0.05, 0.1) is 11.8 Å². The molecule has 0 bridgehead atoms. The maximum Gasteiger partial charge on any atom is 0.332 e. The van der Waals surface area contributed by atoms with Gasteiger partial charge in [0.1, 0.15) is 11.3 Å². The van der Waals surface area contributed by atoms with Gasteiger partial charge in [0.25, 0.3) is 11.5 Å². The third kappa shape index (κ3) is 3.83. The Morgan fingerprint density at radius 1 is 0.935 bits per heavy atom. The number of hydrogen-bond acceptors (Lipinski definition) is 6. The molecule has 0 saturated carbocycles.